The summed E-state index contributed by atoms with van der Waals surface area (Å²) >= 11 is 0. The molecule has 1 saturated heterocycles. The van der Waals surface area contributed by atoms with Crippen molar-refractivity contribution in [2.45, 2.75) is 18.9 Å². The highest BCUT2D eigenvalue weighted by Gasteiger charge is 2.42. The molecule has 0 bridgehead atoms. The molecule has 0 aromatic rings. The third-order valence-electron chi connectivity index (χ3n) is 3.26. The summed E-state index contributed by atoms with van der Waals surface area (Å²) in [5.41, 5.74) is -0.0758. The highest BCUT2D eigenvalue weighted by molar-refractivity contribution is 5.86. The summed E-state index contributed by atoms with van der Waals surface area (Å²) in [5, 5.41) is 17.4. The van der Waals surface area contributed by atoms with E-state index in [-0.39, 0.29) is 36.4 Å². The third-order valence-corrected chi connectivity index (χ3v) is 3.26. The normalized spacial score (nSPS) is 27.1. The first kappa shape index (κ1) is 11.3. The van der Waals surface area contributed by atoms with Crippen LogP contribution in [0, 0.1) is 5.41 Å². The zero-order valence-electron chi connectivity index (χ0n) is 9.08. The first-order valence-corrected chi connectivity index (χ1v) is 5.54. The lowest BCUT2D eigenvalue weighted by Gasteiger charge is -2.24. The van der Waals surface area contributed by atoms with Gasteiger partial charge in [0, 0.05) is 18.5 Å². The van der Waals surface area contributed by atoms with Gasteiger partial charge in [-0.3, -0.25) is 14.9 Å². The molecule has 0 aromatic heterocycles. The Balaban J connectivity index is 1.73. The number of piperazine rings is 1. The maximum atomic E-state index is 11.7. The number of amides is 2. The molecule has 2 fully saturated rings. The topological polar surface area (TPSA) is 90.5 Å². The van der Waals surface area contributed by atoms with E-state index < -0.39 is 0 Å². The molecule has 90 valence electrons. The second-order valence-electron chi connectivity index (χ2n) is 4.61. The standard InChI is InChI=1S/C10H17N3O3/c14-6-10(1-2-10)5-13-9(16)7-3-12-8(15)4-11-7/h7,11,14H,1-6H2,(H,12,15)(H,13,16). The summed E-state index contributed by atoms with van der Waals surface area (Å²) < 4.78 is 0. The Kier molecular flexibility index (Phi) is 3.11. The van der Waals surface area contributed by atoms with Crippen LogP contribution < -0.4 is 16.0 Å². The van der Waals surface area contributed by atoms with Crippen LogP contribution in [0.3, 0.4) is 0 Å². The van der Waals surface area contributed by atoms with E-state index in [0.717, 1.165) is 12.8 Å². The van der Waals surface area contributed by atoms with Crippen molar-refractivity contribution in [1.29, 1.82) is 0 Å². The number of carbonyl (C=O) groups excluding carboxylic acids is 2. The summed E-state index contributed by atoms with van der Waals surface area (Å²) in [6.07, 6.45) is 1.94. The minimum atomic E-state index is -0.354. The molecular formula is C10H17N3O3. The molecular weight excluding hydrogens is 210 g/mol. The van der Waals surface area contributed by atoms with E-state index in [4.69, 9.17) is 5.11 Å². The van der Waals surface area contributed by atoms with Crippen LogP contribution >= 0.6 is 0 Å². The molecule has 6 heteroatoms. The maximum absolute atomic E-state index is 11.7. The van der Waals surface area contributed by atoms with Crippen molar-refractivity contribution >= 4 is 11.8 Å². The minimum Gasteiger partial charge on any atom is -0.396 e. The fraction of sp³-hybridized carbons (Fsp3) is 0.800. The van der Waals surface area contributed by atoms with Crippen molar-refractivity contribution < 1.29 is 14.7 Å². The molecule has 0 aromatic carbocycles. The van der Waals surface area contributed by atoms with Gasteiger partial charge in [-0.2, -0.15) is 0 Å². The summed E-state index contributed by atoms with van der Waals surface area (Å²) in [6.45, 7) is 1.16. The molecule has 1 saturated carbocycles. The fourth-order valence-electron chi connectivity index (χ4n) is 1.72. The van der Waals surface area contributed by atoms with Gasteiger partial charge in [-0.1, -0.05) is 0 Å². The van der Waals surface area contributed by atoms with Crippen LogP contribution in [0.15, 0.2) is 0 Å². The largest absolute Gasteiger partial charge is 0.396 e. The number of hydrogen-bond donors (Lipinski definition) is 4. The van der Waals surface area contributed by atoms with E-state index in [1.165, 1.54) is 0 Å². The molecule has 16 heavy (non-hydrogen) atoms. The van der Waals surface area contributed by atoms with Gasteiger partial charge in [0.2, 0.25) is 11.8 Å². The van der Waals surface area contributed by atoms with E-state index in [0.29, 0.717) is 13.1 Å². The molecule has 0 spiro atoms. The Morgan fingerprint density at radius 2 is 2.31 bits per heavy atom. The smallest absolute Gasteiger partial charge is 0.238 e. The van der Waals surface area contributed by atoms with E-state index in [9.17, 15) is 9.59 Å². The van der Waals surface area contributed by atoms with Crippen LogP contribution in [-0.2, 0) is 9.59 Å². The first-order valence-electron chi connectivity index (χ1n) is 5.54. The summed E-state index contributed by atoms with van der Waals surface area (Å²) in [7, 11) is 0. The van der Waals surface area contributed by atoms with Gasteiger partial charge in [0.25, 0.3) is 0 Å². The molecule has 2 amide bonds. The lowest BCUT2D eigenvalue weighted by atomic mass is 10.1. The van der Waals surface area contributed by atoms with Crippen molar-refractivity contribution in [3.8, 4) is 0 Å². The minimum absolute atomic E-state index is 0.0758. The molecule has 1 atom stereocenters. The predicted octanol–water partition coefficient (Wildman–Crippen LogP) is -2.04. The number of rotatable bonds is 4. The molecule has 1 unspecified atom stereocenters. The average molecular weight is 227 g/mol. The SMILES string of the molecule is O=C1CNC(C(=O)NCC2(CO)CC2)CN1. The monoisotopic (exact) mass is 227 g/mol. The van der Waals surface area contributed by atoms with Gasteiger partial charge in [0.15, 0.2) is 0 Å². The van der Waals surface area contributed by atoms with Gasteiger partial charge in [0.1, 0.15) is 6.04 Å². The van der Waals surface area contributed by atoms with E-state index >= 15 is 0 Å². The Morgan fingerprint density at radius 3 is 2.81 bits per heavy atom. The second kappa shape index (κ2) is 4.39. The molecule has 1 aliphatic carbocycles. The lowest BCUT2D eigenvalue weighted by Crippen LogP contribution is -2.58. The lowest BCUT2D eigenvalue weighted by molar-refractivity contribution is -0.126. The van der Waals surface area contributed by atoms with Crippen molar-refractivity contribution in [2.75, 3.05) is 26.2 Å². The predicted molar refractivity (Wildman–Crippen MR) is 56.6 cm³/mol. The number of carbonyl (C=O) groups is 2. The number of aliphatic hydroxyl groups is 1. The quantitative estimate of drug-likeness (QED) is 0.445. The molecule has 0 radical (unpaired) electrons. The molecule has 1 heterocycles. The number of aliphatic hydroxyl groups excluding tert-OH is 1. The summed E-state index contributed by atoms with van der Waals surface area (Å²) in [5.74, 6) is -0.196. The van der Waals surface area contributed by atoms with Crippen molar-refractivity contribution in [3.63, 3.8) is 0 Å². The molecule has 1 aliphatic heterocycles. The van der Waals surface area contributed by atoms with Gasteiger partial charge >= 0.3 is 0 Å². The Labute approximate surface area is 93.8 Å². The Bertz CT molecular complexity index is 292. The molecule has 6 nitrogen and oxygen atoms in total. The summed E-state index contributed by atoms with van der Waals surface area (Å²) in [6, 6.07) is -0.354. The number of nitrogens with one attached hydrogen (secondary N) is 3. The highest BCUT2D eigenvalue weighted by Crippen LogP contribution is 2.44. The number of hydrogen-bond acceptors (Lipinski definition) is 4. The first-order chi connectivity index (χ1) is 7.65. The fourth-order valence-corrected chi connectivity index (χ4v) is 1.72. The van der Waals surface area contributed by atoms with Crippen LogP contribution in [0.2, 0.25) is 0 Å². The van der Waals surface area contributed by atoms with Crippen molar-refractivity contribution in [2.24, 2.45) is 5.41 Å². The maximum Gasteiger partial charge on any atom is 0.238 e. The summed E-state index contributed by atoms with van der Waals surface area (Å²) in [4.78, 5) is 22.6. The van der Waals surface area contributed by atoms with Crippen LogP contribution in [0.1, 0.15) is 12.8 Å². The molecule has 2 rings (SSSR count). The van der Waals surface area contributed by atoms with E-state index in [2.05, 4.69) is 16.0 Å². The Hall–Kier alpha value is -1.14. The van der Waals surface area contributed by atoms with Gasteiger partial charge < -0.3 is 15.7 Å². The van der Waals surface area contributed by atoms with Crippen LogP contribution in [0.4, 0.5) is 0 Å². The molecule has 4 N–H and O–H groups in total. The highest BCUT2D eigenvalue weighted by atomic mass is 16.3. The Morgan fingerprint density at radius 1 is 1.56 bits per heavy atom. The van der Waals surface area contributed by atoms with Gasteiger partial charge in [-0.15, -0.1) is 0 Å². The molecule has 2 aliphatic rings. The van der Waals surface area contributed by atoms with Crippen LogP contribution in [-0.4, -0.2) is 49.2 Å². The van der Waals surface area contributed by atoms with Crippen LogP contribution in [0.25, 0.3) is 0 Å². The van der Waals surface area contributed by atoms with E-state index in [1.54, 1.807) is 0 Å². The van der Waals surface area contributed by atoms with Gasteiger partial charge in [-0.25, -0.2) is 0 Å². The van der Waals surface area contributed by atoms with Gasteiger partial charge in [0.05, 0.1) is 13.2 Å². The van der Waals surface area contributed by atoms with E-state index in [1.807, 2.05) is 0 Å². The van der Waals surface area contributed by atoms with Gasteiger partial charge in [-0.05, 0) is 12.8 Å². The third kappa shape index (κ3) is 2.51. The van der Waals surface area contributed by atoms with Crippen LogP contribution in [0.5, 0.6) is 0 Å². The second-order valence-corrected chi connectivity index (χ2v) is 4.61. The zero-order valence-corrected chi connectivity index (χ0v) is 9.08. The average Bonchev–Trinajstić information content (AvgIpc) is 3.08. The van der Waals surface area contributed by atoms with Crippen molar-refractivity contribution in [3.05, 3.63) is 0 Å². The van der Waals surface area contributed by atoms with Crippen molar-refractivity contribution in [1.82, 2.24) is 16.0 Å². The zero-order chi connectivity index (χ0) is 11.6.